The molecule has 202 valence electrons. The number of rotatable bonds is 6. The van der Waals surface area contributed by atoms with Crippen LogP contribution in [-0.4, -0.2) is 26.0 Å². The highest BCUT2D eigenvalue weighted by atomic mass is 16.7. The summed E-state index contributed by atoms with van der Waals surface area (Å²) in [6.45, 7) is 6.25. The van der Waals surface area contributed by atoms with Gasteiger partial charge in [0.05, 0.1) is 28.1 Å². The number of hydrogen-bond acceptors (Lipinski definition) is 7. The van der Waals surface area contributed by atoms with Crippen LogP contribution in [0.3, 0.4) is 0 Å². The van der Waals surface area contributed by atoms with Crippen molar-refractivity contribution in [3.05, 3.63) is 75.0 Å². The monoisotopic (exact) mass is 529 g/mol. The lowest BCUT2D eigenvalue weighted by atomic mass is 9.94. The average Bonchev–Trinajstić information content (AvgIpc) is 3.61. The molecule has 1 aromatic heterocycles. The number of nitro benzene ring substituents is 1. The molecule has 3 atom stereocenters. The van der Waals surface area contributed by atoms with E-state index in [1.165, 1.54) is 23.8 Å². The first-order valence-corrected chi connectivity index (χ1v) is 13.1. The topological polar surface area (TPSA) is 143 Å². The number of ether oxygens (including phenoxy) is 1. The first-order valence-electron chi connectivity index (χ1n) is 13.1. The first-order chi connectivity index (χ1) is 18.5. The first kappa shape index (κ1) is 26.2. The molecule has 0 amide bonds. The zero-order chi connectivity index (χ0) is 27.9. The van der Waals surface area contributed by atoms with Crippen LogP contribution in [0.5, 0.6) is 5.75 Å². The summed E-state index contributed by atoms with van der Waals surface area (Å²) < 4.78 is 6.93. The molecule has 5 rings (SSSR count). The van der Waals surface area contributed by atoms with Crippen molar-refractivity contribution in [1.29, 1.82) is 5.26 Å². The second-order valence-electron chi connectivity index (χ2n) is 11.4. The van der Waals surface area contributed by atoms with Gasteiger partial charge in [-0.2, -0.15) is 10.4 Å². The molecule has 0 radical (unpaired) electrons. The highest BCUT2D eigenvalue weighted by Crippen LogP contribution is 2.47. The molecule has 0 aliphatic heterocycles. The molecule has 10 heteroatoms. The Morgan fingerprint density at radius 3 is 2.62 bits per heavy atom. The van der Waals surface area contributed by atoms with E-state index in [0.29, 0.717) is 12.0 Å². The van der Waals surface area contributed by atoms with Gasteiger partial charge in [0.1, 0.15) is 11.6 Å². The summed E-state index contributed by atoms with van der Waals surface area (Å²) in [5.41, 5.74) is 4.27. The average molecular weight is 530 g/mol. The maximum absolute atomic E-state index is 11.4. The second-order valence-corrected chi connectivity index (χ2v) is 11.4. The molecular weight excluding hydrogens is 498 g/mol. The zero-order valence-corrected chi connectivity index (χ0v) is 22.2. The van der Waals surface area contributed by atoms with Gasteiger partial charge >= 0.3 is 6.16 Å². The number of aromatic nitrogens is 2. The number of anilines is 2. The minimum atomic E-state index is -1.45. The van der Waals surface area contributed by atoms with Crippen LogP contribution in [-0.2, 0) is 12.0 Å². The Morgan fingerprint density at radius 2 is 1.92 bits per heavy atom. The molecule has 2 N–H and O–H groups in total. The third-order valence-electron chi connectivity index (χ3n) is 7.71. The van der Waals surface area contributed by atoms with Crippen LogP contribution in [0.15, 0.2) is 42.5 Å². The number of carboxylic acid groups (broad SMARTS) is 1. The van der Waals surface area contributed by atoms with Crippen LogP contribution in [0.2, 0.25) is 0 Å². The predicted octanol–water partition coefficient (Wildman–Crippen LogP) is 6.95. The number of carbonyl (C=O) groups is 1. The third-order valence-corrected chi connectivity index (χ3v) is 7.71. The molecule has 2 aliphatic rings. The van der Waals surface area contributed by atoms with Gasteiger partial charge in [-0.1, -0.05) is 6.07 Å². The third kappa shape index (κ3) is 5.30. The van der Waals surface area contributed by atoms with Crippen molar-refractivity contribution in [1.82, 2.24) is 9.78 Å². The summed E-state index contributed by atoms with van der Waals surface area (Å²) in [5, 5.41) is 38.6. The predicted molar refractivity (Wildman–Crippen MR) is 145 cm³/mol. The molecule has 3 unspecified atom stereocenters. The van der Waals surface area contributed by atoms with Crippen molar-refractivity contribution in [3.63, 3.8) is 0 Å². The molecule has 2 aliphatic carbocycles. The fourth-order valence-electron chi connectivity index (χ4n) is 5.85. The SMILES string of the molecule is CC(C)(C)n1nc(C2CCC(c3cc([N+](=O)[O-])ccc3OC(=O)O)C2)cc1Nc1ccc2c(c1)C(C#N)CC2. The Hall–Kier alpha value is -4.39. The lowest BCUT2D eigenvalue weighted by Gasteiger charge is -2.23. The van der Waals surface area contributed by atoms with E-state index in [-0.39, 0.29) is 34.7 Å². The van der Waals surface area contributed by atoms with Gasteiger partial charge in [-0.3, -0.25) is 10.1 Å². The van der Waals surface area contributed by atoms with Gasteiger partial charge in [0, 0.05) is 35.4 Å². The lowest BCUT2D eigenvalue weighted by Crippen LogP contribution is -2.24. The summed E-state index contributed by atoms with van der Waals surface area (Å²) in [7, 11) is 0. The molecule has 1 fully saturated rings. The lowest BCUT2D eigenvalue weighted by molar-refractivity contribution is -0.385. The number of nitriles is 1. The number of fused-ring (bicyclic) bond motifs is 1. The summed E-state index contributed by atoms with van der Waals surface area (Å²) in [6.07, 6.45) is 2.53. The van der Waals surface area contributed by atoms with E-state index in [0.717, 1.165) is 48.4 Å². The normalized spacial score (nSPS) is 20.3. The smallest absolute Gasteiger partial charge is 0.449 e. The number of aryl methyl sites for hydroxylation is 1. The number of non-ortho nitro benzene ring substituents is 1. The fourth-order valence-corrected chi connectivity index (χ4v) is 5.85. The van der Waals surface area contributed by atoms with Gasteiger partial charge in [0.2, 0.25) is 0 Å². The number of nitrogens with zero attached hydrogens (tertiary/aromatic N) is 4. The zero-order valence-electron chi connectivity index (χ0n) is 22.2. The molecule has 2 aromatic carbocycles. The van der Waals surface area contributed by atoms with Crippen LogP contribution < -0.4 is 10.1 Å². The van der Waals surface area contributed by atoms with Gasteiger partial charge in [0.15, 0.2) is 0 Å². The van der Waals surface area contributed by atoms with E-state index in [9.17, 15) is 20.2 Å². The quantitative estimate of drug-likeness (QED) is 0.151. The van der Waals surface area contributed by atoms with Crippen molar-refractivity contribution in [2.75, 3.05) is 5.32 Å². The summed E-state index contributed by atoms with van der Waals surface area (Å²) >= 11 is 0. The van der Waals surface area contributed by atoms with Crippen LogP contribution in [0.25, 0.3) is 0 Å². The van der Waals surface area contributed by atoms with Crippen LogP contribution in [0, 0.1) is 21.4 Å². The largest absolute Gasteiger partial charge is 0.511 e. The summed E-state index contributed by atoms with van der Waals surface area (Å²) in [6, 6.07) is 14.7. The minimum Gasteiger partial charge on any atom is -0.449 e. The number of nitro groups is 1. The van der Waals surface area contributed by atoms with Crippen molar-refractivity contribution < 1.29 is 19.6 Å². The highest BCUT2D eigenvalue weighted by molar-refractivity contribution is 5.63. The van der Waals surface area contributed by atoms with E-state index in [4.69, 9.17) is 14.9 Å². The van der Waals surface area contributed by atoms with Crippen molar-refractivity contribution >= 4 is 23.3 Å². The van der Waals surface area contributed by atoms with E-state index in [1.54, 1.807) is 0 Å². The van der Waals surface area contributed by atoms with Crippen LogP contribution in [0.1, 0.15) is 86.6 Å². The molecule has 0 spiro atoms. The van der Waals surface area contributed by atoms with Gasteiger partial charge in [-0.05, 0) is 88.1 Å². The summed E-state index contributed by atoms with van der Waals surface area (Å²) in [5.74, 6) is 0.898. The highest BCUT2D eigenvalue weighted by Gasteiger charge is 2.33. The molecule has 3 aromatic rings. The maximum atomic E-state index is 11.4. The number of nitrogens with one attached hydrogen (secondary N) is 1. The van der Waals surface area contributed by atoms with Crippen LogP contribution >= 0.6 is 0 Å². The van der Waals surface area contributed by atoms with Gasteiger partial charge in [0.25, 0.3) is 5.69 Å². The van der Waals surface area contributed by atoms with Crippen molar-refractivity contribution in [2.24, 2.45) is 0 Å². The van der Waals surface area contributed by atoms with Gasteiger partial charge < -0.3 is 15.2 Å². The second kappa shape index (κ2) is 10.1. The standard InChI is InChI=1S/C29H31N5O5/c1-29(2,3)33-27(31-21-9-8-17-4-7-20(16-30)23(17)13-21)15-25(32-33)19-6-5-18(12-19)24-14-22(34(37)38)10-11-26(24)39-28(35)36/h8-11,13-15,18-20,31H,4-7,12H2,1-3H3,(H,35,36). The molecule has 0 saturated heterocycles. The Kier molecular flexibility index (Phi) is 6.76. The molecule has 1 saturated carbocycles. The van der Waals surface area contributed by atoms with Crippen LogP contribution in [0.4, 0.5) is 22.0 Å². The van der Waals surface area contributed by atoms with E-state index >= 15 is 0 Å². The van der Waals surface area contributed by atoms with E-state index < -0.39 is 11.1 Å². The Labute approximate surface area is 226 Å². The van der Waals surface area contributed by atoms with E-state index in [2.05, 4.69) is 50.4 Å². The Morgan fingerprint density at radius 1 is 1.15 bits per heavy atom. The maximum Gasteiger partial charge on any atom is 0.511 e. The molecule has 0 bridgehead atoms. The van der Waals surface area contributed by atoms with Gasteiger partial charge in [-0.15, -0.1) is 0 Å². The van der Waals surface area contributed by atoms with Crippen molar-refractivity contribution in [3.8, 4) is 11.8 Å². The molecule has 10 nitrogen and oxygen atoms in total. The van der Waals surface area contributed by atoms with E-state index in [1.807, 2.05) is 10.7 Å². The van der Waals surface area contributed by atoms with Crippen molar-refractivity contribution in [2.45, 2.75) is 76.2 Å². The molecule has 1 heterocycles. The Bertz CT molecular complexity index is 1480. The fraction of sp³-hybridized carbons (Fsp3) is 0.414. The minimum absolute atomic E-state index is 0.0796. The number of benzene rings is 2. The molecule has 39 heavy (non-hydrogen) atoms. The summed E-state index contributed by atoms with van der Waals surface area (Å²) in [4.78, 5) is 22.1. The Balaban J connectivity index is 1.42. The molecular formula is C29H31N5O5. The number of hydrogen-bond donors (Lipinski definition) is 2. The van der Waals surface area contributed by atoms with Gasteiger partial charge in [-0.25, -0.2) is 9.48 Å².